The molecule has 1 atom stereocenters. The summed E-state index contributed by atoms with van der Waals surface area (Å²) in [5.74, 6) is -4.88. The van der Waals surface area contributed by atoms with Gasteiger partial charge in [0, 0.05) is 31.6 Å². The molecule has 2 saturated heterocycles. The van der Waals surface area contributed by atoms with Gasteiger partial charge in [-0.2, -0.15) is 5.10 Å². The molecule has 0 radical (unpaired) electrons. The fourth-order valence-corrected chi connectivity index (χ4v) is 5.25. The molecular weight excluding hydrogens is 524 g/mol. The van der Waals surface area contributed by atoms with Crippen molar-refractivity contribution in [1.82, 2.24) is 19.6 Å². The number of carboxylic acids is 3. The van der Waals surface area contributed by atoms with E-state index in [2.05, 4.69) is 14.9 Å². The molecule has 0 aliphatic carbocycles. The number of aliphatic hydroxyl groups is 1. The second kappa shape index (κ2) is 13.5. The summed E-state index contributed by atoms with van der Waals surface area (Å²) in [6, 6.07) is 7.76. The van der Waals surface area contributed by atoms with Gasteiger partial charge in [-0.1, -0.05) is 18.2 Å². The number of hydrogen-bond donors (Lipinski definition) is 4. The number of aromatic nitrogens is 2. The normalized spacial score (nSPS) is 17.8. The second-order valence-corrected chi connectivity index (χ2v) is 10.3. The van der Waals surface area contributed by atoms with E-state index in [4.69, 9.17) is 20.4 Å². The summed E-state index contributed by atoms with van der Waals surface area (Å²) in [4.78, 5) is 60.5. The van der Waals surface area contributed by atoms with E-state index in [9.17, 15) is 24.0 Å². The number of likely N-dealkylation sites (tertiary alicyclic amines) is 2. The van der Waals surface area contributed by atoms with Crippen molar-refractivity contribution in [3.8, 4) is 0 Å². The zero-order valence-corrected chi connectivity index (χ0v) is 22.5. The molecular formula is C27H36N4O9. The maximum Gasteiger partial charge on any atom is 0.336 e. The van der Waals surface area contributed by atoms with Crippen LogP contribution in [0.25, 0.3) is 10.8 Å². The third kappa shape index (κ3) is 7.85. The predicted molar refractivity (Wildman–Crippen MR) is 143 cm³/mol. The van der Waals surface area contributed by atoms with Crippen LogP contribution in [0.5, 0.6) is 0 Å². The van der Waals surface area contributed by atoms with E-state index in [1.807, 2.05) is 24.3 Å². The van der Waals surface area contributed by atoms with Crippen molar-refractivity contribution in [3.63, 3.8) is 0 Å². The molecule has 0 spiro atoms. The summed E-state index contributed by atoms with van der Waals surface area (Å²) in [5.41, 5.74) is -2.16. The number of rotatable bonds is 9. The van der Waals surface area contributed by atoms with Gasteiger partial charge in [0.1, 0.15) is 0 Å². The molecule has 1 aromatic heterocycles. The molecule has 3 heterocycles. The minimum Gasteiger partial charge on any atom is -0.481 e. The van der Waals surface area contributed by atoms with Crippen LogP contribution in [-0.4, -0.2) is 102 Å². The number of nitrogens with zero attached hydrogens (tertiary/aromatic N) is 4. The van der Waals surface area contributed by atoms with Gasteiger partial charge in [-0.3, -0.25) is 19.2 Å². The first-order valence-electron chi connectivity index (χ1n) is 13.3. The molecule has 0 saturated carbocycles. The van der Waals surface area contributed by atoms with E-state index < -0.39 is 36.4 Å². The Morgan fingerprint density at radius 1 is 0.925 bits per heavy atom. The van der Waals surface area contributed by atoms with Gasteiger partial charge in [0.25, 0.3) is 5.56 Å². The second-order valence-electron chi connectivity index (χ2n) is 10.3. The van der Waals surface area contributed by atoms with Crippen LogP contribution in [0.15, 0.2) is 29.1 Å². The topological polar surface area (TPSA) is 191 Å². The van der Waals surface area contributed by atoms with E-state index in [-0.39, 0.29) is 17.9 Å². The average molecular weight is 561 g/mol. The summed E-state index contributed by atoms with van der Waals surface area (Å²) >= 11 is 0. The molecule has 2 fully saturated rings. The molecule has 2 aliphatic rings. The summed E-state index contributed by atoms with van der Waals surface area (Å²) in [6.07, 6.45) is 3.87. The van der Waals surface area contributed by atoms with Gasteiger partial charge >= 0.3 is 17.9 Å². The maximum absolute atomic E-state index is 13.2. The monoisotopic (exact) mass is 560 g/mol. The lowest BCUT2D eigenvalue weighted by Gasteiger charge is -2.38. The molecule has 40 heavy (non-hydrogen) atoms. The number of piperidine rings is 1. The number of hydrogen-bond acceptors (Lipinski definition) is 8. The molecule has 13 nitrogen and oxygen atoms in total. The quantitative estimate of drug-likeness (QED) is 0.338. The Kier molecular flexibility index (Phi) is 10.3. The highest BCUT2D eigenvalue weighted by Crippen LogP contribution is 2.22. The summed E-state index contributed by atoms with van der Waals surface area (Å²) in [7, 11) is 1.65. The van der Waals surface area contributed by atoms with Crippen LogP contribution in [0.4, 0.5) is 0 Å². The molecule has 1 unspecified atom stereocenters. The van der Waals surface area contributed by atoms with Crippen molar-refractivity contribution in [2.24, 2.45) is 7.05 Å². The van der Waals surface area contributed by atoms with Crippen LogP contribution in [-0.2, 0) is 32.6 Å². The zero-order valence-electron chi connectivity index (χ0n) is 22.5. The fourth-order valence-electron chi connectivity index (χ4n) is 5.25. The third-order valence-corrected chi connectivity index (χ3v) is 7.25. The van der Waals surface area contributed by atoms with Gasteiger partial charge in [-0.25, -0.2) is 9.48 Å². The van der Waals surface area contributed by atoms with Crippen LogP contribution in [0.2, 0.25) is 0 Å². The Balaban J connectivity index is 0.000000289. The SMILES string of the molecule is Cn1nc(CC(=O)N2CCCCC2CN2CCCC2)c2ccccc2c1=O.O=C(O)CC(O)(CC(=O)O)C(=O)O. The van der Waals surface area contributed by atoms with Crippen LogP contribution >= 0.6 is 0 Å². The van der Waals surface area contributed by atoms with Crippen LogP contribution in [0, 0.1) is 0 Å². The van der Waals surface area contributed by atoms with Crippen molar-refractivity contribution >= 4 is 34.6 Å². The van der Waals surface area contributed by atoms with Crippen LogP contribution in [0.1, 0.15) is 50.6 Å². The molecule has 0 bridgehead atoms. The molecule has 218 valence electrons. The Morgan fingerprint density at radius 3 is 2.08 bits per heavy atom. The number of aryl methyl sites for hydroxylation is 1. The molecule has 2 aromatic rings. The van der Waals surface area contributed by atoms with E-state index in [0.29, 0.717) is 17.1 Å². The Hall–Kier alpha value is -3.84. The number of amides is 1. The van der Waals surface area contributed by atoms with Crippen molar-refractivity contribution in [3.05, 3.63) is 40.3 Å². The van der Waals surface area contributed by atoms with E-state index in [1.54, 1.807) is 7.05 Å². The van der Waals surface area contributed by atoms with E-state index >= 15 is 0 Å². The lowest BCUT2D eigenvalue weighted by Crippen LogP contribution is -2.49. The number of carbonyl (C=O) groups excluding carboxylic acids is 1. The number of fused-ring (bicyclic) bond motifs is 1. The minimum absolute atomic E-state index is 0.119. The van der Waals surface area contributed by atoms with E-state index in [0.717, 1.165) is 44.4 Å². The highest BCUT2D eigenvalue weighted by Gasteiger charge is 2.40. The molecule has 13 heteroatoms. The van der Waals surface area contributed by atoms with Gasteiger partial charge < -0.3 is 30.2 Å². The molecule has 1 amide bonds. The average Bonchev–Trinajstić information content (AvgIpc) is 3.40. The molecule has 4 N–H and O–H groups in total. The predicted octanol–water partition coefficient (Wildman–Crippen LogP) is 0.704. The number of benzene rings is 1. The Labute approximate surface area is 230 Å². The summed E-state index contributed by atoms with van der Waals surface area (Å²) in [5, 5.41) is 39.6. The number of carbonyl (C=O) groups is 4. The number of aliphatic carboxylic acids is 3. The van der Waals surface area contributed by atoms with Gasteiger partial charge in [-0.15, -0.1) is 0 Å². The zero-order chi connectivity index (χ0) is 29.4. The van der Waals surface area contributed by atoms with Gasteiger partial charge in [0.05, 0.1) is 30.3 Å². The lowest BCUT2D eigenvalue weighted by atomic mass is 9.96. The van der Waals surface area contributed by atoms with Crippen LogP contribution in [0.3, 0.4) is 0 Å². The smallest absolute Gasteiger partial charge is 0.336 e. The minimum atomic E-state index is -2.74. The van der Waals surface area contributed by atoms with Crippen LogP contribution < -0.4 is 5.56 Å². The lowest BCUT2D eigenvalue weighted by molar-refractivity contribution is -0.170. The first-order chi connectivity index (χ1) is 18.9. The van der Waals surface area contributed by atoms with E-state index in [1.165, 1.54) is 23.9 Å². The van der Waals surface area contributed by atoms with Crippen molar-refractivity contribution in [2.45, 2.75) is 63.0 Å². The van der Waals surface area contributed by atoms with Crippen molar-refractivity contribution in [1.29, 1.82) is 0 Å². The largest absolute Gasteiger partial charge is 0.481 e. The van der Waals surface area contributed by atoms with Gasteiger partial charge in [0.2, 0.25) is 5.91 Å². The van der Waals surface area contributed by atoms with Crippen molar-refractivity contribution in [2.75, 3.05) is 26.2 Å². The highest BCUT2D eigenvalue weighted by molar-refractivity contribution is 5.89. The fraction of sp³-hybridized carbons (Fsp3) is 0.556. The molecule has 2 aliphatic heterocycles. The Bertz CT molecular complexity index is 1290. The van der Waals surface area contributed by atoms with Gasteiger partial charge in [0.15, 0.2) is 5.60 Å². The third-order valence-electron chi connectivity index (χ3n) is 7.25. The maximum atomic E-state index is 13.2. The van der Waals surface area contributed by atoms with Gasteiger partial charge in [-0.05, 0) is 51.3 Å². The number of carboxylic acid groups (broad SMARTS) is 3. The standard InChI is InChI=1S/C21H28N4O2.C6H8O7/c1-23-21(27)18-10-3-2-9-17(18)19(22-23)14-20(26)25-13-5-4-8-16(25)15-24-11-6-7-12-24;7-3(8)1-6(13,5(11)12)2-4(9)10/h2-3,9-10,16H,4-8,11-15H2,1H3;13H,1-2H2,(H,7,8)(H,9,10)(H,11,12). The first-order valence-corrected chi connectivity index (χ1v) is 13.3. The molecule has 4 rings (SSSR count). The summed E-state index contributed by atoms with van der Waals surface area (Å²) in [6.45, 7) is 4.14. The molecule has 1 aromatic carbocycles. The first kappa shape index (κ1) is 30.7. The summed E-state index contributed by atoms with van der Waals surface area (Å²) < 4.78 is 1.35. The van der Waals surface area contributed by atoms with Crippen molar-refractivity contribution < 1.29 is 39.6 Å². The Morgan fingerprint density at radius 2 is 1.50 bits per heavy atom. The highest BCUT2D eigenvalue weighted by atomic mass is 16.4.